The van der Waals surface area contributed by atoms with E-state index in [2.05, 4.69) is 5.32 Å². The zero-order valence-corrected chi connectivity index (χ0v) is 13.7. The first-order valence-electron chi connectivity index (χ1n) is 8.04. The van der Waals surface area contributed by atoms with Crippen LogP contribution in [0.2, 0.25) is 0 Å². The molecule has 25 heavy (non-hydrogen) atoms. The van der Waals surface area contributed by atoms with Gasteiger partial charge in [0.05, 0.1) is 0 Å². The fraction of sp³-hybridized carbons (Fsp3) is 0.0952. The third-order valence-electron chi connectivity index (χ3n) is 3.80. The number of ether oxygens (including phenoxy) is 1. The molecule has 0 aliphatic carbocycles. The van der Waals surface area contributed by atoms with E-state index in [0.717, 1.165) is 16.7 Å². The second-order valence-corrected chi connectivity index (χ2v) is 5.69. The van der Waals surface area contributed by atoms with Crippen LogP contribution in [0.15, 0.2) is 78.9 Å². The summed E-state index contributed by atoms with van der Waals surface area (Å²) in [5, 5.41) is 12.2. The summed E-state index contributed by atoms with van der Waals surface area (Å²) in [6.07, 6.45) is 0.164. The number of nitrogens with one attached hydrogen (secondary N) is 1. The molecule has 0 heterocycles. The van der Waals surface area contributed by atoms with Gasteiger partial charge in [-0.1, -0.05) is 60.7 Å². The third kappa shape index (κ3) is 4.85. The lowest BCUT2D eigenvalue weighted by molar-refractivity contribution is 0.155. The van der Waals surface area contributed by atoms with Gasteiger partial charge in [-0.3, -0.25) is 5.32 Å². The number of anilines is 1. The van der Waals surface area contributed by atoms with Gasteiger partial charge in [-0.25, -0.2) is 4.79 Å². The molecule has 0 fully saturated rings. The largest absolute Gasteiger partial charge is 0.508 e. The van der Waals surface area contributed by atoms with Gasteiger partial charge in [0.2, 0.25) is 0 Å². The Balaban J connectivity index is 1.64. The number of carbonyl (C=O) groups excluding carboxylic acids is 1. The van der Waals surface area contributed by atoms with E-state index in [-0.39, 0.29) is 12.4 Å². The number of amides is 1. The van der Waals surface area contributed by atoms with Crippen LogP contribution in [-0.4, -0.2) is 11.2 Å². The van der Waals surface area contributed by atoms with Crippen molar-refractivity contribution in [3.05, 3.63) is 95.6 Å². The molecule has 0 saturated carbocycles. The maximum Gasteiger partial charge on any atom is 0.411 e. The molecule has 4 heteroatoms. The topological polar surface area (TPSA) is 58.6 Å². The number of hydrogen-bond acceptors (Lipinski definition) is 3. The number of benzene rings is 3. The van der Waals surface area contributed by atoms with Crippen LogP contribution in [-0.2, 0) is 17.8 Å². The quantitative estimate of drug-likeness (QED) is 0.709. The van der Waals surface area contributed by atoms with E-state index in [9.17, 15) is 9.90 Å². The van der Waals surface area contributed by atoms with Gasteiger partial charge in [0.25, 0.3) is 0 Å². The van der Waals surface area contributed by atoms with E-state index in [1.807, 2.05) is 66.7 Å². The van der Waals surface area contributed by atoms with Crippen LogP contribution in [0.4, 0.5) is 10.5 Å². The molecule has 0 aliphatic heterocycles. The van der Waals surface area contributed by atoms with Crippen LogP contribution in [0.25, 0.3) is 0 Å². The first kappa shape index (κ1) is 16.6. The zero-order chi connectivity index (χ0) is 17.5. The van der Waals surface area contributed by atoms with E-state index in [1.165, 1.54) is 0 Å². The molecule has 3 aromatic rings. The minimum absolute atomic E-state index is 0.229. The van der Waals surface area contributed by atoms with Crippen molar-refractivity contribution in [1.29, 1.82) is 0 Å². The fourth-order valence-corrected chi connectivity index (χ4v) is 2.50. The summed E-state index contributed by atoms with van der Waals surface area (Å²) in [5.74, 6) is 0.236. The predicted octanol–water partition coefficient (Wildman–Crippen LogP) is 4.73. The summed E-state index contributed by atoms with van der Waals surface area (Å²) in [5.41, 5.74) is 3.68. The average Bonchev–Trinajstić information content (AvgIpc) is 2.64. The van der Waals surface area contributed by atoms with Gasteiger partial charge in [-0.05, 0) is 41.3 Å². The molecule has 0 aliphatic rings. The van der Waals surface area contributed by atoms with Crippen molar-refractivity contribution in [1.82, 2.24) is 0 Å². The molecule has 0 spiro atoms. The minimum Gasteiger partial charge on any atom is -0.508 e. The van der Waals surface area contributed by atoms with Gasteiger partial charge in [0.15, 0.2) is 0 Å². The van der Waals surface area contributed by atoms with Crippen molar-refractivity contribution in [2.45, 2.75) is 13.0 Å². The van der Waals surface area contributed by atoms with Gasteiger partial charge < -0.3 is 9.84 Å². The lowest BCUT2D eigenvalue weighted by atomic mass is 10.0. The van der Waals surface area contributed by atoms with Crippen molar-refractivity contribution in [2.24, 2.45) is 0 Å². The number of phenols is 1. The summed E-state index contributed by atoms with van der Waals surface area (Å²) in [4.78, 5) is 12.1. The van der Waals surface area contributed by atoms with E-state index < -0.39 is 6.09 Å². The fourth-order valence-electron chi connectivity index (χ4n) is 2.50. The molecule has 0 radical (unpaired) electrons. The molecule has 0 bridgehead atoms. The highest BCUT2D eigenvalue weighted by Crippen LogP contribution is 2.20. The number of para-hydroxylation sites is 1. The summed E-state index contributed by atoms with van der Waals surface area (Å²) in [7, 11) is 0. The number of rotatable bonds is 5. The van der Waals surface area contributed by atoms with Crippen LogP contribution in [0, 0.1) is 0 Å². The second-order valence-electron chi connectivity index (χ2n) is 5.69. The highest BCUT2D eigenvalue weighted by molar-refractivity contribution is 5.85. The minimum atomic E-state index is -0.484. The van der Waals surface area contributed by atoms with Crippen LogP contribution in [0.3, 0.4) is 0 Å². The van der Waals surface area contributed by atoms with E-state index in [4.69, 9.17) is 4.74 Å². The van der Waals surface area contributed by atoms with Gasteiger partial charge in [-0.15, -0.1) is 0 Å². The Morgan fingerprint density at radius 3 is 2.28 bits per heavy atom. The lowest BCUT2D eigenvalue weighted by Crippen LogP contribution is -2.14. The number of carbonyl (C=O) groups is 1. The van der Waals surface area contributed by atoms with Crippen molar-refractivity contribution >= 4 is 11.8 Å². The van der Waals surface area contributed by atoms with E-state index in [1.54, 1.807) is 12.1 Å². The molecule has 1 amide bonds. The molecule has 0 atom stereocenters. The van der Waals surface area contributed by atoms with E-state index >= 15 is 0 Å². The van der Waals surface area contributed by atoms with Gasteiger partial charge in [0, 0.05) is 5.69 Å². The van der Waals surface area contributed by atoms with Crippen LogP contribution in [0.5, 0.6) is 5.75 Å². The molecule has 0 saturated heterocycles. The van der Waals surface area contributed by atoms with Crippen LogP contribution in [0.1, 0.15) is 16.7 Å². The highest BCUT2D eigenvalue weighted by atomic mass is 16.5. The smallest absolute Gasteiger partial charge is 0.411 e. The van der Waals surface area contributed by atoms with Crippen LogP contribution < -0.4 is 5.32 Å². The maximum atomic E-state index is 12.1. The normalized spacial score (nSPS) is 10.2. The molecule has 4 nitrogen and oxygen atoms in total. The van der Waals surface area contributed by atoms with Crippen LogP contribution >= 0.6 is 0 Å². The number of phenolic OH excluding ortho intramolecular Hbond substituents is 1. The second kappa shape index (κ2) is 8.02. The Morgan fingerprint density at radius 2 is 1.52 bits per heavy atom. The SMILES string of the molecule is O=C(Nc1ccccc1Cc1ccc(O)cc1)OCc1ccccc1. The molecule has 0 unspecified atom stereocenters. The van der Waals surface area contributed by atoms with E-state index in [0.29, 0.717) is 12.1 Å². The Kier molecular flexibility index (Phi) is 5.32. The molecule has 3 rings (SSSR count). The summed E-state index contributed by atoms with van der Waals surface area (Å²) < 4.78 is 5.27. The maximum absolute atomic E-state index is 12.1. The zero-order valence-electron chi connectivity index (χ0n) is 13.7. The molecule has 3 aromatic carbocycles. The average molecular weight is 333 g/mol. The van der Waals surface area contributed by atoms with Crippen molar-refractivity contribution < 1.29 is 14.6 Å². The van der Waals surface area contributed by atoms with Crippen molar-refractivity contribution in [2.75, 3.05) is 5.32 Å². The first-order valence-corrected chi connectivity index (χ1v) is 8.04. The summed E-state index contributed by atoms with van der Waals surface area (Å²) in [6.45, 7) is 0.229. The molecule has 0 aromatic heterocycles. The molecule has 2 N–H and O–H groups in total. The third-order valence-corrected chi connectivity index (χ3v) is 3.80. The highest BCUT2D eigenvalue weighted by Gasteiger charge is 2.08. The molecular formula is C21H19NO3. The van der Waals surface area contributed by atoms with Gasteiger partial charge in [-0.2, -0.15) is 0 Å². The Labute approximate surface area is 146 Å². The van der Waals surface area contributed by atoms with Crippen molar-refractivity contribution in [3.63, 3.8) is 0 Å². The lowest BCUT2D eigenvalue weighted by Gasteiger charge is -2.12. The van der Waals surface area contributed by atoms with Gasteiger partial charge in [0.1, 0.15) is 12.4 Å². The van der Waals surface area contributed by atoms with Crippen molar-refractivity contribution in [3.8, 4) is 5.75 Å². The molecule has 126 valence electrons. The predicted molar refractivity (Wildman–Crippen MR) is 97.6 cm³/mol. The Bertz CT molecular complexity index is 829. The summed E-state index contributed by atoms with van der Waals surface area (Å²) in [6, 6.07) is 24.2. The van der Waals surface area contributed by atoms with Gasteiger partial charge >= 0.3 is 6.09 Å². The number of hydrogen-bond donors (Lipinski definition) is 2. The number of aromatic hydroxyl groups is 1. The Hall–Kier alpha value is -3.27. The first-order chi connectivity index (χ1) is 12.2. The molecular weight excluding hydrogens is 314 g/mol. The Morgan fingerprint density at radius 1 is 0.840 bits per heavy atom. The standard InChI is InChI=1S/C21H19NO3/c23-19-12-10-16(11-13-19)14-18-8-4-5-9-20(18)22-21(24)25-15-17-6-2-1-3-7-17/h1-13,23H,14-15H2,(H,22,24). The monoisotopic (exact) mass is 333 g/mol. The summed E-state index contributed by atoms with van der Waals surface area (Å²) >= 11 is 0.